The van der Waals surface area contributed by atoms with Crippen LogP contribution in [0.15, 0.2) is 12.3 Å². The summed E-state index contributed by atoms with van der Waals surface area (Å²) in [6.07, 6.45) is 9.76. The van der Waals surface area contributed by atoms with Gasteiger partial charge in [-0.3, -0.25) is 9.48 Å². The number of rotatable bonds is 8. The van der Waals surface area contributed by atoms with Crippen LogP contribution in [0.5, 0.6) is 0 Å². The average Bonchev–Trinajstić information content (AvgIpc) is 3.04. The lowest BCUT2D eigenvalue weighted by atomic mass is 10.1. The fourth-order valence-electron chi connectivity index (χ4n) is 3.07. The predicted octanol–water partition coefficient (Wildman–Crippen LogP) is 3.32. The highest BCUT2D eigenvalue weighted by Crippen LogP contribution is 2.16. The topological polar surface area (TPSA) is 59.0 Å². The summed E-state index contributed by atoms with van der Waals surface area (Å²) in [4.78, 5) is 12.4. The van der Waals surface area contributed by atoms with Gasteiger partial charge in [0.15, 0.2) is 0 Å². The smallest absolute Gasteiger partial charge is 0.271 e. The molecule has 0 aromatic carbocycles. The van der Waals surface area contributed by atoms with Gasteiger partial charge in [-0.25, -0.2) is 0 Å². The summed E-state index contributed by atoms with van der Waals surface area (Å²) in [6.45, 7) is 6.37. The van der Waals surface area contributed by atoms with Gasteiger partial charge in [-0.2, -0.15) is 5.10 Å². The predicted molar refractivity (Wildman–Crippen MR) is 96.3 cm³/mol. The first-order valence-corrected chi connectivity index (χ1v) is 8.81. The van der Waals surface area contributed by atoms with Gasteiger partial charge in [-0.05, 0) is 38.3 Å². The standard InChI is InChI=1S/C17H30N4O.ClH/c1-3-5-8-14(7-4-2)19-17(22)16-10-12-21(20-16)15-9-6-11-18-13-15;/h10,12,14-15,18H,3-9,11,13H2,1-2H3,(H,19,22);1H. The van der Waals surface area contributed by atoms with Gasteiger partial charge >= 0.3 is 0 Å². The Morgan fingerprint density at radius 1 is 1.43 bits per heavy atom. The number of nitrogens with one attached hydrogen (secondary N) is 2. The Kier molecular flexibility index (Phi) is 9.26. The summed E-state index contributed by atoms with van der Waals surface area (Å²) < 4.78 is 1.95. The molecule has 1 amide bonds. The van der Waals surface area contributed by atoms with Crippen LogP contribution < -0.4 is 10.6 Å². The molecule has 2 rings (SSSR count). The van der Waals surface area contributed by atoms with E-state index in [9.17, 15) is 4.79 Å². The average molecular weight is 343 g/mol. The normalized spacial score (nSPS) is 19.0. The summed E-state index contributed by atoms with van der Waals surface area (Å²) in [5.74, 6) is -0.0305. The van der Waals surface area contributed by atoms with E-state index in [1.54, 1.807) is 0 Å². The molecule has 0 aliphatic carbocycles. The number of carbonyl (C=O) groups excluding carboxylic acids is 1. The fourth-order valence-corrected chi connectivity index (χ4v) is 3.07. The van der Waals surface area contributed by atoms with Crippen LogP contribution in [0.1, 0.15) is 75.3 Å². The largest absolute Gasteiger partial charge is 0.348 e. The number of hydrogen-bond donors (Lipinski definition) is 2. The summed E-state index contributed by atoms with van der Waals surface area (Å²) in [5, 5.41) is 11.0. The van der Waals surface area contributed by atoms with Crippen LogP contribution in [0, 0.1) is 0 Å². The number of piperidine rings is 1. The van der Waals surface area contributed by atoms with E-state index in [2.05, 4.69) is 29.6 Å². The third-order valence-corrected chi connectivity index (χ3v) is 4.36. The van der Waals surface area contributed by atoms with Crippen molar-refractivity contribution >= 4 is 18.3 Å². The summed E-state index contributed by atoms with van der Waals surface area (Å²) in [7, 11) is 0. The van der Waals surface area contributed by atoms with Crippen molar-refractivity contribution in [1.29, 1.82) is 0 Å². The van der Waals surface area contributed by atoms with E-state index >= 15 is 0 Å². The van der Waals surface area contributed by atoms with E-state index in [1.807, 2.05) is 16.9 Å². The number of carbonyl (C=O) groups is 1. The first-order valence-electron chi connectivity index (χ1n) is 8.81. The van der Waals surface area contributed by atoms with Crippen LogP contribution in [0.4, 0.5) is 0 Å². The van der Waals surface area contributed by atoms with Gasteiger partial charge in [0.05, 0.1) is 6.04 Å². The van der Waals surface area contributed by atoms with E-state index in [-0.39, 0.29) is 24.4 Å². The van der Waals surface area contributed by atoms with Crippen molar-refractivity contribution in [3.05, 3.63) is 18.0 Å². The van der Waals surface area contributed by atoms with E-state index in [4.69, 9.17) is 0 Å². The van der Waals surface area contributed by atoms with E-state index < -0.39 is 0 Å². The van der Waals surface area contributed by atoms with Crippen LogP contribution in [0.25, 0.3) is 0 Å². The number of nitrogens with zero attached hydrogens (tertiary/aromatic N) is 2. The lowest BCUT2D eigenvalue weighted by Gasteiger charge is -2.23. The molecule has 132 valence electrons. The molecule has 0 bridgehead atoms. The Balaban J connectivity index is 0.00000264. The zero-order chi connectivity index (χ0) is 15.8. The first kappa shape index (κ1) is 20.0. The maximum absolute atomic E-state index is 12.4. The molecular formula is C17H31ClN4O. The molecule has 0 saturated carbocycles. The van der Waals surface area contributed by atoms with E-state index in [1.165, 1.54) is 12.8 Å². The molecule has 1 saturated heterocycles. The number of unbranched alkanes of at least 4 members (excludes halogenated alkanes) is 1. The fraction of sp³-hybridized carbons (Fsp3) is 0.765. The van der Waals surface area contributed by atoms with Crippen LogP contribution in [0.2, 0.25) is 0 Å². The molecule has 0 spiro atoms. The Labute approximate surface area is 146 Å². The molecule has 1 aromatic heterocycles. The third kappa shape index (κ3) is 6.15. The number of hydrogen-bond acceptors (Lipinski definition) is 3. The Hall–Kier alpha value is -1.07. The summed E-state index contributed by atoms with van der Waals surface area (Å²) in [6, 6.07) is 2.49. The minimum absolute atomic E-state index is 0. The molecule has 2 unspecified atom stereocenters. The summed E-state index contributed by atoms with van der Waals surface area (Å²) in [5.41, 5.74) is 0.545. The van der Waals surface area contributed by atoms with Gasteiger partial charge in [0.2, 0.25) is 0 Å². The molecule has 1 aliphatic heterocycles. The highest BCUT2D eigenvalue weighted by Gasteiger charge is 2.19. The van der Waals surface area contributed by atoms with Crippen LogP contribution in [0.3, 0.4) is 0 Å². The van der Waals surface area contributed by atoms with Crippen molar-refractivity contribution in [2.24, 2.45) is 0 Å². The maximum atomic E-state index is 12.4. The zero-order valence-corrected chi connectivity index (χ0v) is 15.2. The van der Waals surface area contributed by atoms with Gasteiger partial charge in [-0.1, -0.05) is 33.1 Å². The van der Waals surface area contributed by atoms with Gasteiger partial charge in [0.1, 0.15) is 5.69 Å². The minimum atomic E-state index is -0.0305. The molecule has 2 atom stereocenters. The highest BCUT2D eigenvalue weighted by atomic mass is 35.5. The van der Waals surface area contributed by atoms with Gasteiger partial charge < -0.3 is 10.6 Å². The second-order valence-electron chi connectivity index (χ2n) is 6.28. The van der Waals surface area contributed by atoms with Crippen molar-refractivity contribution in [3.63, 3.8) is 0 Å². The second-order valence-corrected chi connectivity index (χ2v) is 6.28. The van der Waals surface area contributed by atoms with Crippen molar-refractivity contribution in [1.82, 2.24) is 20.4 Å². The molecule has 1 aliphatic rings. The van der Waals surface area contributed by atoms with Crippen LogP contribution >= 0.6 is 12.4 Å². The quantitative estimate of drug-likeness (QED) is 0.762. The van der Waals surface area contributed by atoms with Gasteiger partial charge in [-0.15, -0.1) is 12.4 Å². The molecule has 2 heterocycles. The zero-order valence-electron chi connectivity index (χ0n) is 14.4. The Bertz CT molecular complexity index is 457. The highest BCUT2D eigenvalue weighted by molar-refractivity contribution is 5.92. The van der Waals surface area contributed by atoms with Crippen LogP contribution in [-0.2, 0) is 0 Å². The molecule has 23 heavy (non-hydrogen) atoms. The lowest BCUT2D eigenvalue weighted by Crippen LogP contribution is -2.35. The third-order valence-electron chi connectivity index (χ3n) is 4.36. The van der Waals surface area contributed by atoms with Crippen molar-refractivity contribution < 1.29 is 4.79 Å². The maximum Gasteiger partial charge on any atom is 0.271 e. The number of amides is 1. The molecular weight excluding hydrogens is 312 g/mol. The van der Waals surface area contributed by atoms with E-state index in [0.29, 0.717) is 11.7 Å². The molecule has 2 N–H and O–H groups in total. The summed E-state index contributed by atoms with van der Waals surface area (Å²) >= 11 is 0. The molecule has 5 nitrogen and oxygen atoms in total. The molecule has 1 aromatic rings. The van der Waals surface area contributed by atoms with Crippen molar-refractivity contribution in [3.8, 4) is 0 Å². The number of aromatic nitrogens is 2. The second kappa shape index (κ2) is 10.7. The lowest BCUT2D eigenvalue weighted by molar-refractivity contribution is 0.0925. The van der Waals surface area contributed by atoms with Crippen molar-refractivity contribution in [2.45, 2.75) is 70.9 Å². The van der Waals surface area contributed by atoms with Gasteiger partial charge in [0.25, 0.3) is 5.91 Å². The first-order chi connectivity index (χ1) is 10.7. The van der Waals surface area contributed by atoms with Crippen molar-refractivity contribution in [2.75, 3.05) is 13.1 Å². The Morgan fingerprint density at radius 3 is 2.91 bits per heavy atom. The van der Waals surface area contributed by atoms with E-state index in [0.717, 1.165) is 45.2 Å². The Morgan fingerprint density at radius 2 is 2.26 bits per heavy atom. The van der Waals surface area contributed by atoms with Crippen LogP contribution in [-0.4, -0.2) is 34.8 Å². The monoisotopic (exact) mass is 342 g/mol. The minimum Gasteiger partial charge on any atom is -0.348 e. The molecule has 0 radical (unpaired) electrons. The number of halogens is 1. The van der Waals surface area contributed by atoms with Gasteiger partial charge in [0, 0.05) is 18.8 Å². The molecule has 1 fully saturated rings. The molecule has 6 heteroatoms. The SMILES string of the molecule is CCCCC(CCC)NC(=O)c1ccn(C2CCCNC2)n1.Cl.